The van der Waals surface area contributed by atoms with E-state index in [0.717, 1.165) is 33.5 Å². The van der Waals surface area contributed by atoms with Crippen molar-refractivity contribution in [3.8, 4) is 22.8 Å². The Morgan fingerprint density at radius 2 is 1.88 bits per heavy atom. The first kappa shape index (κ1) is 21.6. The van der Waals surface area contributed by atoms with E-state index >= 15 is 0 Å². The Morgan fingerprint density at radius 1 is 1.09 bits per heavy atom. The number of anilines is 2. The molecule has 0 radical (unpaired) electrons. The highest BCUT2D eigenvalue weighted by molar-refractivity contribution is 5.99. The van der Waals surface area contributed by atoms with Gasteiger partial charge in [0.05, 0.1) is 12.8 Å². The van der Waals surface area contributed by atoms with Gasteiger partial charge in [0.2, 0.25) is 5.91 Å². The Balaban J connectivity index is 1.34. The van der Waals surface area contributed by atoms with Gasteiger partial charge in [0.25, 0.3) is 5.91 Å². The number of para-hydroxylation sites is 1. The minimum atomic E-state index is -0.538. The summed E-state index contributed by atoms with van der Waals surface area (Å²) >= 11 is 0. The van der Waals surface area contributed by atoms with Gasteiger partial charge in [-0.05, 0) is 73.0 Å². The average molecular weight is 456 g/mol. The maximum Gasteiger partial charge on any atom is 0.265 e. The van der Waals surface area contributed by atoms with Gasteiger partial charge in [0.15, 0.2) is 6.10 Å². The quantitative estimate of drug-likeness (QED) is 0.376. The van der Waals surface area contributed by atoms with E-state index in [1.54, 1.807) is 32.2 Å². The molecule has 1 aliphatic rings. The van der Waals surface area contributed by atoms with Gasteiger partial charge in [-0.2, -0.15) is 0 Å². The Labute approximate surface area is 197 Å². The van der Waals surface area contributed by atoms with Crippen molar-refractivity contribution in [2.75, 3.05) is 17.7 Å². The standard InChI is InChI=1S/C27H25N3O4/c1-16-27(32)30-23-15-18(9-13-24(23)34-16)28-25(31)14-12-21-20-5-3-4-6-22(20)29-26(21)17-7-10-19(33-2)11-8-17/h3-11,13,15-16,29H,12,14H2,1-2H3,(H,28,31)(H,30,32). The van der Waals surface area contributed by atoms with Crippen LogP contribution in [0.5, 0.6) is 11.5 Å². The number of fused-ring (bicyclic) bond motifs is 2. The van der Waals surface area contributed by atoms with Crippen LogP contribution in [0, 0.1) is 0 Å². The molecule has 172 valence electrons. The van der Waals surface area contributed by atoms with Crippen molar-refractivity contribution in [2.45, 2.75) is 25.9 Å². The van der Waals surface area contributed by atoms with E-state index < -0.39 is 6.10 Å². The Kier molecular flexibility index (Phi) is 5.67. The van der Waals surface area contributed by atoms with Crippen LogP contribution in [0.25, 0.3) is 22.2 Å². The van der Waals surface area contributed by atoms with Crippen LogP contribution in [0.2, 0.25) is 0 Å². The third-order valence-electron chi connectivity index (χ3n) is 5.99. The number of hydrogen-bond acceptors (Lipinski definition) is 4. The highest BCUT2D eigenvalue weighted by Gasteiger charge is 2.23. The van der Waals surface area contributed by atoms with Crippen molar-refractivity contribution >= 4 is 34.1 Å². The van der Waals surface area contributed by atoms with Crippen molar-refractivity contribution in [3.63, 3.8) is 0 Å². The Hall–Kier alpha value is -4.26. The molecular weight excluding hydrogens is 430 g/mol. The van der Waals surface area contributed by atoms with Crippen molar-refractivity contribution < 1.29 is 19.1 Å². The highest BCUT2D eigenvalue weighted by Crippen LogP contribution is 2.34. The fourth-order valence-corrected chi connectivity index (χ4v) is 4.21. The van der Waals surface area contributed by atoms with E-state index in [4.69, 9.17) is 9.47 Å². The van der Waals surface area contributed by atoms with E-state index in [1.807, 2.05) is 42.5 Å². The number of carbonyl (C=O) groups is 2. The number of aromatic amines is 1. The second-order valence-electron chi connectivity index (χ2n) is 8.26. The number of amides is 2. The molecule has 0 spiro atoms. The molecule has 3 N–H and O–H groups in total. The molecule has 34 heavy (non-hydrogen) atoms. The molecule has 0 saturated heterocycles. The molecule has 0 fully saturated rings. The minimum absolute atomic E-state index is 0.109. The second-order valence-corrected chi connectivity index (χ2v) is 8.26. The zero-order valence-corrected chi connectivity index (χ0v) is 19.0. The Bertz CT molecular complexity index is 1370. The average Bonchev–Trinajstić information content (AvgIpc) is 3.22. The van der Waals surface area contributed by atoms with Crippen LogP contribution in [0.4, 0.5) is 11.4 Å². The van der Waals surface area contributed by atoms with E-state index in [-0.39, 0.29) is 11.8 Å². The Morgan fingerprint density at radius 3 is 2.68 bits per heavy atom. The molecule has 1 unspecified atom stereocenters. The number of aryl methyl sites for hydroxylation is 1. The van der Waals surface area contributed by atoms with E-state index in [2.05, 4.69) is 21.7 Å². The third kappa shape index (κ3) is 4.20. The van der Waals surface area contributed by atoms with Crippen LogP contribution in [-0.2, 0) is 16.0 Å². The van der Waals surface area contributed by atoms with E-state index in [9.17, 15) is 9.59 Å². The predicted molar refractivity (Wildman–Crippen MR) is 132 cm³/mol. The third-order valence-corrected chi connectivity index (χ3v) is 5.99. The van der Waals surface area contributed by atoms with Crippen LogP contribution in [0.15, 0.2) is 66.7 Å². The number of methoxy groups -OCH3 is 1. The monoisotopic (exact) mass is 455 g/mol. The normalized spacial score (nSPS) is 14.8. The fraction of sp³-hybridized carbons (Fsp3) is 0.185. The number of benzene rings is 3. The van der Waals surface area contributed by atoms with Gasteiger partial charge in [-0.3, -0.25) is 9.59 Å². The summed E-state index contributed by atoms with van der Waals surface area (Å²) in [4.78, 5) is 28.2. The minimum Gasteiger partial charge on any atom is -0.497 e. The van der Waals surface area contributed by atoms with Gasteiger partial charge in [-0.15, -0.1) is 0 Å². The fourth-order valence-electron chi connectivity index (χ4n) is 4.21. The molecule has 2 amide bonds. The number of ether oxygens (including phenoxy) is 2. The lowest BCUT2D eigenvalue weighted by atomic mass is 10.0. The topological polar surface area (TPSA) is 92.5 Å². The van der Waals surface area contributed by atoms with Crippen LogP contribution in [0.1, 0.15) is 18.9 Å². The number of nitrogens with one attached hydrogen (secondary N) is 3. The summed E-state index contributed by atoms with van der Waals surface area (Å²) in [6, 6.07) is 21.2. The maximum atomic E-state index is 12.8. The van der Waals surface area contributed by atoms with Gasteiger partial charge in [0.1, 0.15) is 11.5 Å². The molecule has 3 aromatic carbocycles. The molecule has 0 saturated carbocycles. The molecule has 1 aromatic heterocycles. The lowest BCUT2D eigenvalue weighted by Gasteiger charge is -2.23. The summed E-state index contributed by atoms with van der Waals surface area (Å²) in [5, 5.41) is 6.83. The summed E-state index contributed by atoms with van der Waals surface area (Å²) in [6.07, 6.45) is 0.339. The van der Waals surface area contributed by atoms with Gasteiger partial charge >= 0.3 is 0 Å². The van der Waals surface area contributed by atoms with Crippen molar-refractivity contribution in [1.29, 1.82) is 0 Å². The van der Waals surface area contributed by atoms with Crippen LogP contribution in [-0.4, -0.2) is 30.0 Å². The lowest BCUT2D eigenvalue weighted by Crippen LogP contribution is -2.34. The largest absolute Gasteiger partial charge is 0.497 e. The highest BCUT2D eigenvalue weighted by atomic mass is 16.5. The van der Waals surface area contributed by atoms with Crippen molar-refractivity contribution in [1.82, 2.24) is 4.98 Å². The summed E-state index contributed by atoms with van der Waals surface area (Å²) in [7, 11) is 1.64. The predicted octanol–water partition coefficient (Wildman–Crippen LogP) is 5.13. The number of H-pyrrole nitrogens is 1. The number of rotatable bonds is 6. The first-order valence-electron chi connectivity index (χ1n) is 11.2. The first-order valence-corrected chi connectivity index (χ1v) is 11.2. The summed E-state index contributed by atoms with van der Waals surface area (Å²) < 4.78 is 10.9. The van der Waals surface area contributed by atoms with Gasteiger partial charge in [-0.1, -0.05) is 18.2 Å². The zero-order chi connectivity index (χ0) is 23.7. The zero-order valence-electron chi connectivity index (χ0n) is 19.0. The first-order chi connectivity index (χ1) is 16.5. The summed E-state index contributed by atoms with van der Waals surface area (Å²) in [5.74, 6) is 1.07. The molecule has 5 rings (SSSR count). The molecule has 4 aromatic rings. The molecule has 7 nitrogen and oxygen atoms in total. The second kappa shape index (κ2) is 8.94. The number of aromatic nitrogens is 1. The molecule has 7 heteroatoms. The molecule has 1 aliphatic heterocycles. The summed E-state index contributed by atoms with van der Waals surface area (Å²) in [5.41, 5.74) is 5.32. The molecule has 2 heterocycles. The molecule has 0 bridgehead atoms. The SMILES string of the molecule is COc1ccc(-c2[nH]c3ccccc3c2CCC(=O)Nc2ccc3c(c2)NC(=O)C(C)O3)cc1. The molecular formula is C27H25N3O4. The summed E-state index contributed by atoms with van der Waals surface area (Å²) in [6.45, 7) is 1.69. The maximum absolute atomic E-state index is 12.8. The smallest absolute Gasteiger partial charge is 0.265 e. The van der Waals surface area contributed by atoms with Crippen LogP contribution >= 0.6 is 0 Å². The van der Waals surface area contributed by atoms with E-state index in [0.29, 0.717) is 30.0 Å². The molecule has 1 atom stereocenters. The van der Waals surface area contributed by atoms with Gasteiger partial charge < -0.3 is 25.1 Å². The number of carbonyl (C=O) groups excluding carboxylic acids is 2. The lowest BCUT2D eigenvalue weighted by molar-refractivity contribution is -0.122. The van der Waals surface area contributed by atoms with Crippen molar-refractivity contribution in [3.05, 3.63) is 72.3 Å². The van der Waals surface area contributed by atoms with Crippen LogP contribution < -0.4 is 20.1 Å². The van der Waals surface area contributed by atoms with Gasteiger partial charge in [-0.25, -0.2) is 0 Å². The van der Waals surface area contributed by atoms with Crippen molar-refractivity contribution in [2.24, 2.45) is 0 Å². The van der Waals surface area contributed by atoms with Gasteiger partial charge in [0, 0.05) is 28.7 Å². The number of hydrogen-bond donors (Lipinski definition) is 3. The van der Waals surface area contributed by atoms with E-state index in [1.165, 1.54) is 0 Å². The molecule has 0 aliphatic carbocycles. The van der Waals surface area contributed by atoms with Crippen LogP contribution in [0.3, 0.4) is 0 Å².